The van der Waals surface area contributed by atoms with Gasteiger partial charge in [0.2, 0.25) is 5.89 Å². The molecule has 0 radical (unpaired) electrons. The van der Waals surface area contributed by atoms with E-state index >= 15 is 0 Å². The number of amides is 2. The third-order valence-corrected chi connectivity index (χ3v) is 3.56. The fourth-order valence-electron chi connectivity index (χ4n) is 2.34. The molecular weight excluding hydrogens is 310 g/mol. The minimum Gasteiger partial charge on any atom is -0.482 e. The van der Waals surface area contributed by atoms with Crippen molar-refractivity contribution in [2.45, 2.75) is 20.4 Å². The Kier molecular flexibility index (Phi) is 4.50. The van der Waals surface area contributed by atoms with Crippen molar-refractivity contribution in [3.63, 3.8) is 0 Å². The second-order valence-corrected chi connectivity index (χ2v) is 5.97. The zero-order valence-electron chi connectivity index (χ0n) is 13.6. The second kappa shape index (κ2) is 6.74. The van der Waals surface area contributed by atoms with E-state index in [-0.39, 0.29) is 30.7 Å². The van der Waals surface area contributed by atoms with E-state index in [1.54, 1.807) is 17.0 Å². The number of para-hydroxylation sites is 2. The number of carbonyl (C=O) groups excluding carboxylic acids is 2. The molecule has 0 saturated heterocycles. The zero-order chi connectivity index (χ0) is 17.1. The van der Waals surface area contributed by atoms with Crippen LogP contribution in [0, 0.1) is 5.92 Å². The maximum atomic E-state index is 12.1. The van der Waals surface area contributed by atoms with Crippen LogP contribution < -0.4 is 15.0 Å². The molecule has 1 aliphatic heterocycles. The lowest BCUT2D eigenvalue weighted by atomic mass is 10.2. The Balaban J connectivity index is 1.73. The average molecular weight is 329 g/mol. The molecule has 2 heterocycles. The molecule has 1 N–H and O–H groups in total. The van der Waals surface area contributed by atoms with Crippen LogP contribution in [-0.2, 0) is 11.3 Å². The number of aromatic nitrogens is 1. The first kappa shape index (κ1) is 16.0. The summed E-state index contributed by atoms with van der Waals surface area (Å²) in [6.45, 7) is 4.71. The number of rotatable bonds is 5. The molecule has 3 rings (SSSR count). The first-order valence-corrected chi connectivity index (χ1v) is 7.79. The van der Waals surface area contributed by atoms with Crippen LogP contribution in [0.2, 0.25) is 0 Å². The SMILES string of the molecule is CC(C)CNC(=O)c1coc(CN2C(=O)COc3ccccc32)n1. The predicted octanol–water partition coefficient (Wildman–Crippen LogP) is 1.99. The van der Waals surface area contributed by atoms with E-state index in [1.807, 2.05) is 26.0 Å². The van der Waals surface area contributed by atoms with Gasteiger partial charge in [0, 0.05) is 6.54 Å². The van der Waals surface area contributed by atoms with E-state index in [9.17, 15) is 9.59 Å². The Bertz CT molecular complexity index is 754. The second-order valence-electron chi connectivity index (χ2n) is 5.97. The molecule has 7 heteroatoms. The fraction of sp³-hybridized carbons (Fsp3) is 0.353. The smallest absolute Gasteiger partial charge is 0.273 e. The number of carbonyl (C=O) groups is 2. The molecule has 0 atom stereocenters. The molecule has 7 nitrogen and oxygen atoms in total. The molecule has 0 bridgehead atoms. The zero-order valence-corrected chi connectivity index (χ0v) is 13.6. The predicted molar refractivity (Wildman–Crippen MR) is 86.8 cm³/mol. The van der Waals surface area contributed by atoms with Gasteiger partial charge in [-0.05, 0) is 18.1 Å². The van der Waals surface area contributed by atoms with E-state index < -0.39 is 0 Å². The topological polar surface area (TPSA) is 84.7 Å². The molecule has 0 unspecified atom stereocenters. The number of fused-ring (bicyclic) bond motifs is 1. The Morgan fingerprint density at radius 1 is 1.38 bits per heavy atom. The number of ether oxygens (including phenoxy) is 1. The van der Waals surface area contributed by atoms with E-state index in [0.29, 0.717) is 29.8 Å². The van der Waals surface area contributed by atoms with Crippen molar-refractivity contribution in [2.24, 2.45) is 5.92 Å². The lowest BCUT2D eigenvalue weighted by Gasteiger charge is -2.28. The fourth-order valence-corrected chi connectivity index (χ4v) is 2.34. The summed E-state index contributed by atoms with van der Waals surface area (Å²) in [6.07, 6.45) is 1.31. The monoisotopic (exact) mass is 329 g/mol. The number of nitrogens with one attached hydrogen (secondary N) is 1. The van der Waals surface area contributed by atoms with E-state index in [0.717, 1.165) is 0 Å². The van der Waals surface area contributed by atoms with Gasteiger partial charge in [0.05, 0.1) is 5.69 Å². The van der Waals surface area contributed by atoms with Crippen molar-refractivity contribution in [3.8, 4) is 5.75 Å². The Morgan fingerprint density at radius 3 is 2.96 bits per heavy atom. The van der Waals surface area contributed by atoms with Gasteiger partial charge in [0.25, 0.3) is 11.8 Å². The van der Waals surface area contributed by atoms with Crippen molar-refractivity contribution in [1.82, 2.24) is 10.3 Å². The van der Waals surface area contributed by atoms with E-state index in [4.69, 9.17) is 9.15 Å². The van der Waals surface area contributed by atoms with Gasteiger partial charge in [-0.2, -0.15) is 0 Å². The summed E-state index contributed by atoms with van der Waals surface area (Å²) in [7, 11) is 0. The Hall–Kier alpha value is -2.83. The number of benzene rings is 1. The van der Waals surface area contributed by atoms with Crippen molar-refractivity contribution in [2.75, 3.05) is 18.1 Å². The lowest BCUT2D eigenvalue weighted by Crippen LogP contribution is -2.38. The third-order valence-electron chi connectivity index (χ3n) is 3.56. The molecule has 0 aliphatic carbocycles. The van der Waals surface area contributed by atoms with Crippen LogP contribution in [0.4, 0.5) is 5.69 Å². The number of hydrogen-bond donors (Lipinski definition) is 1. The van der Waals surface area contributed by atoms with Gasteiger partial charge in [-0.25, -0.2) is 4.98 Å². The molecule has 2 amide bonds. The largest absolute Gasteiger partial charge is 0.482 e. The Morgan fingerprint density at radius 2 is 2.17 bits per heavy atom. The normalized spacial score (nSPS) is 13.6. The van der Waals surface area contributed by atoms with Crippen molar-refractivity contribution >= 4 is 17.5 Å². The van der Waals surface area contributed by atoms with Crippen LogP contribution in [0.3, 0.4) is 0 Å². The highest BCUT2D eigenvalue weighted by atomic mass is 16.5. The van der Waals surface area contributed by atoms with Gasteiger partial charge >= 0.3 is 0 Å². The van der Waals surface area contributed by atoms with Gasteiger partial charge in [-0.3, -0.25) is 14.5 Å². The average Bonchev–Trinajstić information content (AvgIpc) is 3.04. The molecule has 0 spiro atoms. The lowest BCUT2D eigenvalue weighted by molar-refractivity contribution is -0.121. The molecule has 1 aromatic heterocycles. The minimum absolute atomic E-state index is 0.0283. The summed E-state index contributed by atoms with van der Waals surface area (Å²) >= 11 is 0. The van der Waals surface area contributed by atoms with E-state index in [1.165, 1.54) is 6.26 Å². The summed E-state index contributed by atoms with van der Waals surface area (Å²) in [4.78, 5) is 29.8. The summed E-state index contributed by atoms with van der Waals surface area (Å²) < 4.78 is 10.7. The Labute approximate surface area is 139 Å². The highest BCUT2D eigenvalue weighted by Gasteiger charge is 2.27. The molecule has 126 valence electrons. The minimum atomic E-state index is -0.285. The maximum Gasteiger partial charge on any atom is 0.273 e. The molecule has 2 aromatic rings. The summed E-state index contributed by atoms with van der Waals surface area (Å²) in [6, 6.07) is 7.27. The molecular formula is C17H19N3O4. The van der Waals surface area contributed by atoms with Crippen molar-refractivity contribution in [1.29, 1.82) is 0 Å². The number of nitrogens with zero attached hydrogens (tertiary/aromatic N) is 2. The molecule has 1 aliphatic rings. The third kappa shape index (κ3) is 3.40. The van der Waals surface area contributed by atoms with Crippen molar-refractivity contribution < 1.29 is 18.7 Å². The quantitative estimate of drug-likeness (QED) is 0.907. The number of oxazole rings is 1. The van der Waals surface area contributed by atoms with Crippen LogP contribution >= 0.6 is 0 Å². The summed E-state index contributed by atoms with van der Waals surface area (Å²) in [5, 5.41) is 2.78. The maximum absolute atomic E-state index is 12.1. The standard InChI is InChI=1S/C17H19N3O4/c1-11(2)7-18-17(22)12-9-24-15(19-12)8-20-13-5-3-4-6-14(13)23-10-16(20)21/h3-6,9,11H,7-8,10H2,1-2H3,(H,18,22). The van der Waals surface area contributed by atoms with Gasteiger partial charge in [0.15, 0.2) is 12.3 Å². The number of anilines is 1. The molecule has 0 saturated carbocycles. The first-order chi connectivity index (χ1) is 11.5. The summed E-state index contributed by atoms with van der Waals surface area (Å²) in [5.41, 5.74) is 0.873. The highest BCUT2D eigenvalue weighted by Crippen LogP contribution is 2.32. The van der Waals surface area contributed by atoms with Gasteiger partial charge < -0.3 is 14.5 Å². The number of hydrogen-bond acceptors (Lipinski definition) is 5. The van der Waals surface area contributed by atoms with Gasteiger partial charge in [-0.1, -0.05) is 26.0 Å². The van der Waals surface area contributed by atoms with Crippen LogP contribution in [0.1, 0.15) is 30.2 Å². The molecule has 24 heavy (non-hydrogen) atoms. The molecule has 0 fully saturated rings. The van der Waals surface area contributed by atoms with Crippen molar-refractivity contribution in [3.05, 3.63) is 42.1 Å². The van der Waals surface area contributed by atoms with Crippen LogP contribution in [0.5, 0.6) is 5.75 Å². The van der Waals surface area contributed by atoms with Crippen LogP contribution in [0.15, 0.2) is 34.9 Å². The van der Waals surface area contributed by atoms with Gasteiger partial charge in [-0.15, -0.1) is 0 Å². The highest BCUT2D eigenvalue weighted by molar-refractivity contribution is 5.97. The van der Waals surface area contributed by atoms with E-state index in [2.05, 4.69) is 10.3 Å². The van der Waals surface area contributed by atoms with Gasteiger partial charge in [0.1, 0.15) is 18.6 Å². The van der Waals surface area contributed by atoms with Crippen LogP contribution in [-0.4, -0.2) is 29.9 Å². The summed E-state index contributed by atoms with van der Waals surface area (Å²) in [5.74, 6) is 0.821. The first-order valence-electron chi connectivity index (χ1n) is 7.79. The van der Waals surface area contributed by atoms with Crippen LogP contribution in [0.25, 0.3) is 0 Å². The molecule has 1 aromatic carbocycles.